The van der Waals surface area contributed by atoms with Gasteiger partial charge in [0, 0.05) is 28.4 Å². The second-order valence-electron chi connectivity index (χ2n) is 8.04. The highest BCUT2D eigenvalue weighted by Gasteiger charge is 2.18. The molecule has 0 unspecified atom stereocenters. The number of amides is 2. The van der Waals surface area contributed by atoms with E-state index in [9.17, 15) is 18.0 Å². The summed E-state index contributed by atoms with van der Waals surface area (Å²) in [6.45, 7) is 1.91. The zero-order valence-corrected chi connectivity index (χ0v) is 22.1. The molecular weight excluding hydrogens is 524 g/mol. The molecule has 0 atom stereocenters. The van der Waals surface area contributed by atoms with E-state index >= 15 is 0 Å². The van der Waals surface area contributed by atoms with Crippen LogP contribution in [-0.4, -0.2) is 32.3 Å². The van der Waals surface area contributed by atoms with E-state index in [0.29, 0.717) is 22.6 Å². The average Bonchev–Trinajstić information content (AvgIpc) is 3.41. The molecule has 0 aliphatic heterocycles. The Morgan fingerprint density at radius 1 is 0.974 bits per heavy atom. The molecule has 4 aromatic rings. The van der Waals surface area contributed by atoms with Crippen LogP contribution in [0.4, 0.5) is 10.8 Å². The van der Waals surface area contributed by atoms with Crippen LogP contribution in [0.25, 0.3) is 6.08 Å². The number of hydrogen-bond donors (Lipinski definition) is 3. The Morgan fingerprint density at radius 3 is 2.34 bits per heavy atom. The van der Waals surface area contributed by atoms with E-state index in [1.165, 1.54) is 43.6 Å². The van der Waals surface area contributed by atoms with Gasteiger partial charge in [0.2, 0.25) is 0 Å². The van der Waals surface area contributed by atoms with Crippen LogP contribution < -0.4 is 20.1 Å². The molecule has 0 spiro atoms. The molecule has 0 aliphatic rings. The molecule has 4 rings (SSSR count). The number of ether oxygens (including phenoxy) is 1. The van der Waals surface area contributed by atoms with Crippen LogP contribution in [0.2, 0.25) is 0 Å². The van der Waals surface area contributed by atoms with Crippen molar-refractivity contribution in [2.24, 2.45) is 0 Å². The van der Waals surface area contributed by atoms with Gasteiger partial charge in [-0.25, -0.2) is 13.4 Å². The number of carbonyl (C=O) groups is 2. The van der Waals surface area contributed by atoms with Crippen LogP contribution in [0.15, 0.2) is 95.0 Å². The number of benzene rings is 3. The topological polar surface area (TPSA) is 126 Å². The highest BCUT2D eigenvalue weighted by Crippen LogP contribution is 2.22. The quantitative estimate of drug-likeness (QED) is 0.261. The lowest BCUT2D eigenvalue weighted by Gasteiger charge is -2.13. The Hall–Kier alpha value is -4.48. The number of nitrogens with one attached hydrogen (secondary N) is 3. The molecule has 0 saturated carbocycles. The van der Waals surface area contributed by atoms with Crippen LogP contribution in [0.1, 0.15) is 21.5 Å². The number of para-hydroxylation sites is 1. The number of aryl methyl sites for hydroxylation is 1. The lowest BCUT2D eigenvalue weighted by Crippen LogP contribution is -2.30. The van der Waals surface area contributed by atoms with Crippen molar-refractivity contribution in [2.45, 2.75) is 11.8 Å². The normalized spacial score (nSPS) is 11.5. The van der Waals surface area contributed by atoms with Crippen molar-refractivity contribution in [2.75, 3.05) is 17.1 Å². The number of aromatic nitrogens is 1. The summed E-state index contributed by atoms with van der Waals surface area (Å²) in [7, 11) is -2.33. The van der Waals surface area contributed by atoms with Gasteiger partial charge in [-0.1, -0.05) is 35.9 Å². The van der Waals surface area contributed by atoms with Gasteiger partial charge in [-0.3, -0.25) is 14.3 Å². The monoisotopic (exact) mass is 548 g/mol. The summed E-state index contributed by atoms with van der Waals surface area (Å²) in [6.07, 6.45) is 3.01. The van der Waals surface area contributed by atoms with Gasteiger partial charge in [0.25, 0.3) is 21.8 Å². The Kier molecular flexibility index (Phi) is 8.19. The number of nitrogens with zero attached hydrogens (tertiary/aromatic N) is 1. The first-order valence-corrected chi connectivity index (χ1v) is 13.7. The largest absolute Gasteiger partial charge is 0.496 e. The van der Waals surface area contributed by atoms with Crippen LogP contribution in [-0.2, 0) is 14.8 Å². The average molecular weight is 549 g/mol. The SMILES string of the molecule is COc1ccccc1/C=C(/NC(=O)c1ccc(C)cc1)C(=O)Nc1ccc(S(=O)(=O)Nc2nccs2)cc1. The number of sulfonamides is 1. The molecule has 9 nitrogen and oxygen atoms in total. The van der Waals surface area contributed by atoms with Crippen molar-refractivity contribution < 1.29 is 22.7 Å². The molecule has 2 amide bonds. The highest BCUT2D eigenvalue weighted by atomic mass is 32.2. The standard InChI is InChI=1S/C27H24N4O5S2/c1-18-7-9-19(10-8-18)25(32)30-23(17-20-5-3-4-6-24(20)36-2)26(33)29-21-11-13-22(14-12-21)38(34,35)31-27-28-15-16-37-27/h3-17H,1-2H3,(H,28,31)(H,29,33)(H,30,32)/b23-17+. The minimum atomic E-state index is -3.84. The molecule has 3 aromatic carbocycles. The van der Waals surface area contributed by atoms with Gasteiger partial charge in [-0.15, -0.1) is 11.3 Å². The smallest absolute Gasteiger partial charge is 0.272 e. The maximum atomic E-state index is 13.3. The van der Waals surface area contributed by atoms with E-state index in [4.69, 9.17) is 4.74 Å². The Bertz CT molecular complexity index is 1560. The summed E-state index contributed by atoms with van der Waals surface area (Å²) in [4.78, 5) is 30.1. The fourth-order valence-electron chi connectivity index (χ4n) is 3.36. The zero-order chi connectivity index (χ0) is 27.1. The lowest BCUT2D eigenvalue weighted by atomic mass is 10.1. The molecule has 0 fully saturated rings. The van der Waals surface area contributed by atoms with E-state index in [1.54, 1.807) is 53.9 Å². The van der Waals surface area contributed by atoms with Gasteiger partial charge in [-0.2, -0.15) is 0 Å². The van der Waals surface area contributed by atoms with Crippen LogP contribution in [0.3, 0.4) is 0 Å². The molecule has 0 aliphatic carbocycles. The predicted octanol–water partition coefficient (Wildman–Crippen LogP) is 4.67. The van der Waals surface area contributed by atoms with E-state index in [2.05, 4.69) is 20.3 Å². The number of methoxy groups -OCH3 is 1. The number of hydrogen-bond acceptors (Lipinski definition) is 7. The summed E-state index contributed by atoms with van der Waals surface area (Å²) < 4.78 is 32.9. The third-order valence-corrected chi connectivity index (χ3v) is 7.49. The minimum absolute atomic E-state index is 0.00293. The minimum Gasteiger partial charge on any atom is -0.496 e. The third-order valence-electron chi connectivity index (χ3n) is 5.32. The van der Waals surface area contributed by atoms with Gasteiger partial charge in [0.1, 0.15) is 11.4 Å². The van der Waals surface area contributed by atoms with Gasteiger partial charge in [0.15, 0.2) is 5.13 Å². The van der Waals surface area contributed by atoms with Crippen LogP contribution in [0, 0.1) is 6.92 Å². The number of thiazole rings is 1. The van der Waals surface area contributed by atoms with E-state index in [0.717, 1.165) is 16.9 Å². The predicted molar refractivity (Wildman–Crippen MR) is 148 cm³/mol. The zero-order valence-electron chi connectivity index (χ0n) is 20.5. The molecule has 0 radical (unpaired) electrons. The van der Waals surface area contributed by atoms with Gasteiger partial charge in [-0.05, 0) is 55.5 Å². The summed E-state index contributed by atoms with van der Waals surface area (Å²) in [5.41, 5.74) is 2.27. The fourth-order valence-corrected chi connectivity index (χ4v) is 5.15. The summed E-state index contributed by atoms with van der Waals surface area (Å²) in [6, 6.07) is 19.6. The molecule has 11 heteroatoms. The first-order chi connectivity index (χ1) is 18.2. The van der Waals surface area contributed by atoms with Crippen molar-refractivity contribution in [3.8, 4) is 5.75 Å². The van der Waals surface area contributed by atoms with E-state index in [-0.39, 0.29) is 15.7 Å². The Morgan fingerprint density at radius 2 is 1.68 bits per heavy atom. The summed E-state index contributed by atoms with van der Waals surface area (Å²) >= 11 is 1.16. The van der Waals surface area contributed by atoms with Crippen molar-refractivity contribution in [1.29, 1.82) is 0 Å². The Labute approximate surface area is 224 Å². The molecule has 0 bridgehead atoms. The van der Waals surface area contributed by atoms with E-state index < -0.39 is 21.8 Å². The van der Waals surface area contributed by atoms with Crippen molar-refractivity contribution >= 4 is 50.1 Å². The number of anilines is 2. The molecule has 1 aromatic heterocycles. The van der Waals surface area contributed by atoms with Crippen molar-refractivity contribution in [1.82, 2.24) is 10.3 Å². The van der Waals surface area contributed by atoms with E-state index in [1.807, 2.05) is 6.92 Å². The van der Waals surface area contributed by atoms with Gasteiger partial charge >= 0.3 is 0 Å². The summed E-state index contributed by atoms with van der Waals surface area (Å²) in [5.74, 6) is -0.548. The maximum absolute atomic E-state index is 13.3. The van der Waals surface area contributed by atoms with Crippen LogP contribution in [0.5, 0.6) is 5.75 Å². The van der Waals surface area contributed by atoms with Crippen molar-refractivity contribution in [3.63, 3.8) is 0 Å². The second kappa shape index (κ2) is 11.7. The molecule has 3 N–H and O–H groups in total. The third kappa shape index (κ3) is 6.64. The first-order valence-electron chi connectivity index (χ1n) is 11.3. The van der Waals surface area contributed by atoms with Gasteiger partial charge < -0.3 is 15.4 Å². The summed E-state index contributed by atoms with van der Waals surface area (Å²) in [5, 5.41) is 7.28. The Balaban J connectivity index is 1.57. The number of rotatable bonds is 9. The van der Waals surface area contributed by atoms with Crippen LogP contribution >= 0.6 is 11.3 Å². The highest BCUT2D eigenvalue weighted by molar-refractivity contribution is 7.93. The molecule has 194 valence electrons. The molecule has 38 heavy (non-hydrogen) atoms. The van der Waals surface area contributed by atoms with Gasteiger partial charge in [0.05, 0.1) is 12.0 Å². The molecule has 0 saturated heterocycles. The van der Waals surface area contributed by atoms with Crippen molar-refractivity contribution in [3.05, 3.63) is 107 Å². The number of carbonyl (C=O) groups excluding carboxylic acids is 2. The fraction of sp³-hybridized carbons (Fsp3) is 0.0741. The molecular formula is C27H24N4O5S2. The molecule has 1 heterocycles. The maximum Gasteiger partial charge on any atom is 0.272 e. The first kappa shape index (κ1) is 26.6. The second-order valence-corrected chi connectivity index (χ2v) is 10.6. The lowest BCUT2D eigenvalue weighted by molar-refractivity contribution is -0.113.